The highest BCUT2D eigenvalue weighted by Crippen LogP contribution is 2.34. The molecule has 2 rings (SSSR count). The van der Waals surface area contributed by atoms with E-state index in [0.29, 0.717) is 23.6 Å². The highest BCUT2D eigenvalue weighted by molar-refractivity contribution is 6.30. The van der Waals surface area contributed by atoms with Crippen molar-refractivity contribution in [1.29, 1.82) is 0 Å². The molecule has 1 heterocycles. The molecule has 0 aromatic heterocycles. The number of rotatable bonds is 2. The number of likely N-dealkylation sites (N-methyl/N-ethyl adjacent to an activating group) is 1. The lowest BCUT2D eigenvalue weighted by Crippen LogP contribution is -2.31. The molecule has 88 valence electrons. The van der Waals surface area contributed by atoms with E-state index in [0.717, 1.165) is 13.1 Å². The quantitative estimate of drug-likeness (QED) is 0.862. The van der Waals surface area contributed by atoms with E-state index in [1.165, 1.54) is 6.07 Å². The Bertz CT molecular complexity index is 399. The lowest BCUT2D eigenvalue weighted by Gasteiger charge is -2.24. The lowest BCUT2D eigenvalue weighted by atomic mass is 9.92. The predicted octanol–water partition coefficient (Wildman–Crippen LogP) is 2.39. The van der Waals surface area contributed by atoms with Gasteiger partial charge < -0.3 is 10.0 Å². The van der Waals surface area contributed by atoms with Crippen molar-refractivity contribution in [3.8, 4) is 0 Å². The molecule has 1 aliphatic heterocycles. The van der Waals surface area contributed by atoms with Gasteiger partial charge in [0.15, 0.2) is 0 Å². The number of β-amino-alcohol motifs (C(OH)–C–C–N with tert-alkyl or cyclic N) is 1. The Morgan fingerprint density at radius 1 is 1.56 bits per heavy atom. The van der Waals surface area contributed by atoms with Gasteiger partial charge in [-0.2, -0.15) is 0 Å². The van der Waals surface area contributed by atoms with E-state index in [4.69, 9.17) is 11.6 Å². The summed E-state index contributed by atoms with van der Waals surface area (Å²) in [5, 5.41) is 10.8. The fourth-order valence-electron chi connectivity index (χ4n) is 2.23. The summed E-state index contributed by atoms with van der Waals surface area (Å²) in [4.78, 5) is 2.11. The molecule has 0 saturated carbocycles. The second-order valence-corrected chi connectivity index (χ2v) is 4.71. The van der Waals surface area contributed by atoms with Crippen molar-refractivity contribution in [3.05, 3.63) is 34.6 Å². The summed E-state index contributed by atoms with van der Waals surface area (Å²) < 4.78 is 13.7. The monoisotopic (exact) mass is 243 g/mol. The maximum absolute atomic E-state index is 13.7. The first kappa shape index (κ1) is 11.8. The summed E-state index contributed by atoms with van der Waals surface area (Å²) in [5.74, 6) is -0.423. The highest BCUT2D eigenvalue weighted by Gasteiger charge is 2.38. The van der Waals surface area contributed by atoms with E-state index >= 15 is 0 Å². The van der Waals surface area contributed by atoms with E-state index in [1.807, 2.05) is 6.92 Å². The lowest BCUT2D eigenvalue weighted by molar-refractivity contribution is 0.0431. The highest BCUT2D eigenvalue weighted by atomic mass is 35.5. The minimum atomic E-state index is -1.06. The number of nitrogens with zero attached hydrogens (tertiary/aromatic N) is 1. The van der Waals surface area contributed by atoms with Crippen LogP contribution in [0, 0.1) is 5.82 Å². The molecule has 1 aliphatic rings. The summed E-state index contributed by atoms with van der Waals surface area (Å²) >= 11 is 5.69. The van der Waals surface area contributed by atoms with Gasteiger partial charge in [0, 0.05) is 23.7 Å². The summed E-state index contributed by atoms with van der Waals surface area (Å²) in [6.45, 7) is 4.19. The van der Waals surface area contributed by atoms with Crippen LogP contribution in [0.3, 0.4) is 0 Å². The van der Waals surface area contributed by atoms with Gasteiger partial charge in [0.2, 0.25) is 0 Å². The number of hydrogen-bond acceptors (Lipinski definition) is 2. The Hall–Kier alpha value is -0.640. The molecule has 0 radical (unpaired) electrons. The van der Waals surface area contributed by atoms with Crippen LogP contribution in [0.25, 0.3) is 0 Å². The number of likely N-dealkylation sites (tertiary alicyclic amines) is 1. The molecule has 1 atom stereocenters. The Kier molecular flexibility index (Phi) is 3.19. The second kappa shape index (κ2) is 4.32. The van der Waals surface area contributed by atoms with Gasteiger partial charge in [-0.05, 0) is 25.1 Å². The third-order valence-corrected chi connectivity index (χ3v) is 3.44. The molecule has 4 heteroatoms. The van der Waals surface area contributed by atoms with Crippen molar-refractivity contribution in [1.82, 2.24) is 4.90 Å². The SMILES string of the molecule is CCN1CCC(O)(c2ccc(Cl)cc2F)C1. The molecule has 16 heavy (non-hydrogen) atoms. The van der Waals surface area contributed by atoms with Gasteiger partial charge in [-0.15, -0.1) is 0 Å². The molecule has 1 aromatic rings. The van der Waals surface area contributed by atoms with Crippen LogP contribution in [0.1, 0.15) is 18.9 Å². The van der Waals surface area contributed by atoms with Crippen molar-refractivity contribution >= 4 is 11.6 Å². The molecule has 0 bridgehead atoms. The standard InChI is InChI=1S/C12H15ClFNO/c1-2-15-6-5-12(16,8-15)10-4-3-9(13)7-11(10)14/h3-4,7,16H,2,5-6,8H2,1H3. The number of aliphatic hydroxyl groups is 1. The normalized spacial score (nSPS) is 26.2. The molecule has 1 unspecified atom stereocenters. The van der Waals surface area contributed by atoms with Gasteiger partial charge in [-0.25, -0.2) is 4.39 Å². The van der Waals surface area contributed by atoms with Gasteiger partial charge >= 0.3 is 0 Å². The molecule has 0 spiro atoms. The molecular weight excluding hydrogens is 229 g/mol. The van der Waals surface area contributed by atoms with Crippen LogP contribution in [-0.2, 0) is 5.60 Å². The molecule has 1 aromatic carbocycles. The summed E-state index contributed by atoms with van der Waals surface area (Å²) in [7, 11) is 0. The molecule has 1 saturated heterocycles. The van der Waals surface area contributed by atoms with E-state index in [9.17, 15) is 9.50 Å². The fraction of sp³-hybridized carbons (Fsp3) is 0.500. The topological polar surface area (TPSA) is 23.5 Å². The summed E-state index contributed by atoms with van der Waals surface area (Å²) in [6.07, 6.45) is 0.569. The smallest absolute Gasteiger partial charge is 0.130 e. The van der Waals surface area contributed by atoms with Crippen molar-refractivity contribution < 1.29 is 9.50 Å². The van der Waals surface area contributed by atoms with Gasteiger partial charge in [0.05, 0.1) is 0 Å². The number of hydrogen-bond donors (Lipinski definition) is 1. The van der Waals surface area contributed by atoms with Crippen LogP contribution in [0.5, 0.6) is 0 Å². The minimum Gasteiger partial charge on any atom is -0.384 e. The van der Waals surface area contributed by atoms with Crippen LogP contribution >= 0.6 is 11.6 Å². The van der Waals surface area contributed by atoms with Crippen LogP contribution in [-0.4, -0.2) is 29.6 Å². The van der Waals surface area contributed by atoms with Crippen LogP contribution in [0.2, 0.25) is 5.02 Å². The van der Waals surface area contributed by atoms with Gasteiger partial charge in [0.1, 0.15) is 11.4 Å². The Labute approximate surface area is 99.6 Å². The Balaban J connectivity index is 2.30. The second-order valence-electron chi connectivity index (χ2n) is 4.27. The Morgan fingerprint density at radius 3 is 2.88 bits per heavy atom. The third kappa shape index (κ3) is 2.08. The van der Waals surface area contributed by atoms with E-state index in [2.05, 4.69) is 4.90 Å². The van der Waals surface area contributed by atoms with Crippen molar-refractivity contribution in [2.45, 2.75) is 18.9 Å². The summed E-state index contributed by atoms with van der Waals surface area (Å²) in [5.41, 5.74) is -0.710. The summed E-state index contributed by atoms with van der Waals surface area (Å²) in [6, 6.07) is 4.45. The van der Waals surface area contributed by atoms with Gasteiger partial charge in [-0.1, -0.05) is 24.6 Å². The van der Waals surface area contributed by atoms with E-state index in [-0.39, 0.29) is 0 Å². The molecule has 1 fully saturated rings. The molecule has 2 nitrogen and oxygen atoms in total. The van der Waals surface area contributed by atoms with Crippen molar-refractivity contribution in [2.24, 2.45) is 0 Å². The zero-order valence-electron chi connectivity index (χ0n) is 9.21. The fourth-order valence-corrected chi connectivity index (χ4v) is 2.39. The van der Waals surface area contributed by atoms with Crippen LogP contribution in [0.15, 0.2) is 18.2 Å². The first-order valence-corrected chi connectivity index (χ1v) is 5.83. The number of halogens is 2. The first-order valence-electron chi connectivity index (χ1n) is 5.45. The minimum absolute atomic E-state index is 0.354. The van der Waals surface area contributed by atoms with Crippen molar-refractivity contribution in [2.75, 3.05) is 19.6 Å². The van der Waals surface area contributed by atoms with Gasteiger partial charge in [-0.3, -0.25) is 0 Å². The molecule has 0 aliphatic carbocycles. The average Bonchev–Trinajstić information content (AvgIpc) is 2.61. The van der Waals surface area contributed by atoms with E-state index in [1.54, 1.807) is 12.1 Å². The van der Waals surface area contributed by atoms with Crippen molar-refractivity contribution in [3.63, 3.8) is 0 Å². The number of benzene rings is 1. The molecule has 0 amide bonds. The van der Waals surface area contributed by atoms with E-state index < -0.39 is 11.4 Å². The largest absolute Gasteiger partial charge is 0.384 e. The maximum atomic E-state index is 13.7. The first-order chi connectivity index (χ1) is 7.55. The average molecular weight is 244 g/mol. The van der Waals surface area contributed by atoms with Crippen LogP contribution in [0.4, 0.5) is 4.39 Å². The molecule has 1 N–H and O–H groups in total. The molecular formula is C12H15ClFNO. The third-order valence-electron chi connectivity index (χ3n) is 3.21. The Morgan fingerprint density at radius 2 is 2.31 bits per heavy atom. The van der Waals surface area contributed by atoms with Gasteiger partial charge in [0.25, 0.3) is 0 Å². The predicted molar refractivity (Wildman–Crippen MR) is 62.0 cm³/mol. The maximum Gasteiger partial charge on any atom is 0.130 e. The zero-order valence-corrected chi connectivity index (χ0v) is 9.97. The van der Waals surface area contributed by atoms with Crippen LogP contribution < -0.4 is 0 Å². The zero-order chi connectivity index (χ0) is 11.8.